The van der Waals surface area contributed by atoms with Crippen molar-refractivity contribution in [3.05, 3.63) is 58.4 Å². The molecule has 0 saturated heterocycles. The summed E-state index contributed by atoms with van der Waals surface area (Å²) in [6, 6.07) is 6.79. The van der Waals surface area contributed by atoms with Crippen LogP contribution < -0.4 is 5.32 Å². The first-order valence-electron chi connectivity index (χ1n) is 8.27. The molecule has 1 amide bonds. The van der Waals surface area contributed by atoms with Gasteiger partial charge in [-0.15, -0.1) is 5.10 Å². The van der Waals surface area contributed by atoms with Crippen molar-refractivity contribution >= 4 is 28.8 Å². The quantitative estimate of drug-likeness (QED) is 0.559. The summed E-state index contributed by atoms with van der Waals surface area (Å²) in [7, 11) is 0. The van der Waals surface area contributed by atoms with E-state index in [2.05, 4.69) is 25.0 Å². The molecule has 3 aromatic heterocycles. The summed E-state index contributed by atoms with van der Waals surface area (Å²) in [6.45, 7) is 3.45. The van der Waals surface area contributed by atoms with E-state index in [9.17, 15) is 13.6 Å². The van der Waals surface area contributed by atoms with Crippen LogP contribution in [-0.4, -0.2) is 30.1 Å². The lowest BCUT2D eigenvalue weighted by atomic mass is 10.1. The fourth-order valence-corrected chi connectivity index (χ4v) is 3.29. The molecule has 4 rings (SSSR count). The van der Waals surface area contributed by atoms with E-state index in [1.165, 1.54) is 23.8 Å². The summed E-state index contributed by atoms with van der Waals surface area (Å²) in [5.41, 5.74) is 3.21. The van der Waals surface area contributed by atoms with E-state index in [0.29, 0.717) is 17.1 Å². The molecule has 4 aromatic rings. The van der Waals surface area contributed by atoms with Gasteiger partial charge >= 0.3 is 0 Å². The van der Waals surface area contributed by atoms with Crippen molar-refractivity contribution in [2.75, 3.05) is 5.32 Å². The van der Waals surface area contributed by atoms with Gasteiger partial charge in [0.2, 0.25) is 0 Å². The molecule has 0 unspecified atom stereocenters. The number of anilines is 1. The summed E-state index contributed by atoms with van der Waals surface area (Å²) >= 11 is 1.23. The number of carbonyl (C=O) groups is 1. The zero-order valence-corrected chi connectivity index (χ0v) is 15.7. The standard InChI is InChI=1S/C18H14F2N6OS/c1-9-3-4-11(14-8-28-25-24-14)6-13(9)23-18(27)12-7-21-26-15(16(19)20)5-10(2)22-17(12)26/h3-8,16H,1-2H3,(H,23,27). The molecule has 0 radical (unpaired) electrons. The van der Waals surface area contributed by atoms with Gasteiger partial charge in [-0.2, -0.15) is 5.10 Å². The Hall–Kier alpha value is -3.27. The first-order chi connectivity index (χ1) is 13.4. The second-order valence-corrected chi connectivity index (χ2v) is 6.80. The van der Waals surface area contributed by atoms with Crippen molar-refractivity contribution < 1.29 is 13.6 Å². The molecule has 0 spiro atoms. The lowest BCUT2D eigenvalue weighted by Gasteiger charge is -2.10. The third kappa shape index (κ3) is 3.22. The minimum Gasteiger partial charge on any atom is -0.322 e. The third-order valence-electron chi connectivity index (χ3n) is 4.24. The SMILES string of the molecule is Cc1cc(C(F)F)n2ncc(C(=O)Nc3cc(-c4csnn4)ccc3C)c2n1. The zero-order chi connectivity index (χ0) is 19.8. The number of nitrogens with one attached hydrogen (secondary N) is 1. The molecule has 142 valence electrons. The maximum Gasteiger partial charge on any atom is 0.280 e. The highest BCUT2D eigenvalue weighted by molar-refractivity contribution is 7.03. The zero-order valence-electron chi connectivity index (χ0n) is 14.8. The van der Waals surface area contributed by atoms with Gasteiger partial charge in [-0.3, -0.25) is 4.79 Å². The first kappa shape index (κ1) is 18.1. The number of hydrogen-bond acceptors (Lipinski definition) is 6. The number of hydrogen-bond donors (Lipinski definition) is 1. The third-order valence-corrected chi connectivity index (χ3v) is 4.74. The van der Waals surface area contributed by atoms with Gasteiger partial charge in [-0.1, -0.05) is 16.6 Å². The highest BCUT2D eigenvalue weighted by Gasteiger charge is 2.21. The smallest absolute Gasteiger partial charge is 0.280 e. The lowest BCUT2D eigenvalue weighted by molar-refractivity contribution is 0.102. The molecule has 0 atom stereocenters. The number of halogens is 2. The molecule has 0 aliphatic heterocycles. The summed E-state index contributed by atoms with van der Waals surface area (Å²) < 4.78 is 31.4. The number of benzene rings is 1. The van der Waals surface area contributed by atoms with Gasteiger partial charge in [-0.05, 0) is 43.1 Å². The molecule has 10 heteroatoms. The predicted octanol–water partition coefficient (Wildman–Crippen LogP) is 4.05. The molecular formula is C18H14F2N6OS. The van der Waals surface area contributed by atoms with E-state index in [-0.39, 0.29) is 16.9 Å². The van der Waals surface area contributed by atoms with Crippen molar-refractivity contribution in [3.63, 3.8) is 0 Å². The van der Waals surface area contributed by atoms with Crippen LogP contribution in [-0.2, 0) is 0 Å². The Labute approximate surface area is 162 Å². The highest BCUT2D eigenvalue weighted by Crippen LogP contribution is 2.26. The van der Waals surface area contributed by atoms with Crippen molar-refractivity contribution in [2.24, 2.45) is 0 Å². The minimum atomic E-state index is -2.73. The molecule has 0 fully saturated rings. The lowest BCUT2D eigenvalue weighted by Crippen LogP contribution is -2.13. The number of amides is 1. The van der Waals surface area contributed by atoms with E-state index < -0.39 is 12.3 Å². The number of fused-ring (bicyclic) bond motifs is 1. The van der Waals surface area contributed by atoms with Gasteiger partial charge in [-0.25, -0.2) is 18.3 Å². The summed E-state index contributed by atoms with van der Waals surface area (Å²) in [5, 5.41) is 12.6. The summed E-state index contributed by atoms with van der Waals surface area (Å²) in [4.78, 5) is 17.0. The van der Waals surface area contributed by atoms with Crippen molar-refractivity contribution in [1.82, 2.24) is 24.2 Å². The number of nitrogens with zero attached hydrogens (tertiary/aromatic N) is 5. The molecule has 1 N–H and O–H groups in total. The molecule has 0 bridgehead atoms. The van der Waals surface area contributed by atoms with Crippen LogP contribution in [0.1, 0.15) is 33.7 Å². The summed E-state index contributed by atoms with van der Waals surface area (Å²) in [5.74, 6) is -0.482. The molecule has 1 aromatic carbocycles. The summed E-state index contributed by atoms with van der Waals surface area (Å²) in [6.07, 6.45) is -1.49. The molecular weight excluding hydrogens is 386 g/mol. The van der Waals surface area contributed by atoms with Crippen molar-refractivity contribution in [1.29, 1.82) is 0 Å². The van der Waals surface area contributed by atoms with Gasteiger partial charge in [0.1, 0.15) is 17.0 Å². The van der Waals surface area contributed by atoms with E-state index in [0.717, 1.165) is 15.6 Å². The number of aryl methyl sites for hydroxylation is 2. The number of alkyl halides is 2. The van der Waals surface area contributed by atoms with Crippen LogP contribution in [0.25, 0.3) is 16.9 Å². The normalized spacial score (nSPS) is 11.3. The average Bonchev–Trinajstić information content (AvgIpc) is 3.32. The fourth-order valence-electron chi connectivity index (χ4n) is 2.82. The van der Waals surface area contributed by atoms with Gasteiger partial charge in [0.05, 0.1) is 6.20 Å². The van der Waals surface area contributed by atoms with Crippen LogP contribution in [0.3, 0.4) is 0 Å². The molecule has 0 aliphatic rings. The van der Waals surface area contributed by atoms with Crippen LogP contribution in [0.5, 0.6) is 0 Å². The van der Waals surface area contributed by atoms with Crippen LogP contribution in [0.15, 0.2) is 35.8 Å². The fraction of sp³-hybridized carbons (Fsp3) is 0.167. The van der Waals surface area contributed by atoms with E-state index in [1.54, 1.807) is 18.4 Å². The Kier molecular flexibility index (Phi) is 4.55. The van der Waals surface area contributed by atoms with Crippen LogP contribution >= 0.6 is 11.5 Å². The Morgan fingerprint density at radius 3 is 2.79 bits per heavy atom. The maximum atomic E-state index is 13.3. The average molecular weight is 400 g/mol. The van der Waals surface area contributed by atoms with Crippen molar-refractivity contribution in [2.45, 2.75) is 20.3 Å². The van der Waals surface area contributed by atoms with E-state index in [1.807, 2.05) is 19.1 Å². The Morgan fingerprint density at radius 1 is 1.25 bits per heavy atom. The molecule has 3 heterocycles. The van der Waals surface area contributed by atoms with Crippen LogP contribution in [0.4, 0.5) is 14.5 Å². The number of aromatic nitrogens is 5. The van der Waals surface area contributed by atoms with E-state index in [4.69, 9.17) is 0 Å². The van der Waals surface area contributed by atoms with Gasteiger partial charge in [0, 0.05) is 22.3 Å². The molecule has 7 nitrogen and oxygen atoms in total. The highest BCUT2D eigenvalue weighted by atomic mass is 32.1. The number of carbonyl (C=O) groups excluding carboxylic acids is 1. The Bertz CT molecular complexity index is 1170. The number of rotatable bonds is 4. The second-order valence-electron chi connectivity index (χ2n) is 6.19. The monoisotopic (exact) mass is 400 g/mol. The molecule has 0 aliphatic carbocycles. The first-order valence-corrected chi connectivity index (χ1v) is 9.10. The van der Waals surface area contributed by atoms with Gasteiger partial charge < -0.3 is 5.32 Å². The minimum absolute atomic E-state index is 0.0882. The van der Waals surface area contributed by atoms with E-state index >= 15 is 0 Å². The second kappa shape index (κ2) is 7.04. The topological polar surface area (TPSA) is 85.1 Å². The predicted molar refractivity (Wildman–Crippen MR) is 101 cm³/mol. The van der Waals surface area contributed by atoms with Crippen LogP contribution in [0, 0.1) is 13.8 Å². The largest absolute Gasteiger partial charge is 0.322 e. The maximum absolute atomic E-state index is 13.3. The van der Waals surface area contributed by atoms with Gasteiger partial charge in [0.25, 0.3) is 12.3 Å². The van der Waals surface area contributed by atoms with Crippen molar-refractivity contribution in [3.8, 4) is 11.3 Å². The van der Waals surface area contributed by atoms with Gasteiger partial charge in [0.15, 0.2) is 5.65 Å². The van der Waals surface area contributed by atoms with Crippen LogP contribution in [0.2, 0.25) is 0 Å². The Balaban J connectivity index is 1.71. The molecule has 28 heavy (non-hydrogen) atoms. The molecule has 0 saturated carbocycles. The Morgan fingerprint density at radius 2 is 2.07 bits per heavy atom.